The first-order chi connectivity index (χ1) is 6.84. The number of carbonyl (C=O) groups is 1. The highest BCUT2D eigenvalue weighted by molar-refractivity contribution is 7.72. The first kappa shape index (κ1) is 13.4. The average Bonchev–Trinajstić information content (AvgIpc) is 2.10. The van der Waals surface area contributed by atoms with Crippen molar-refractivity contribution in [3.8, 4) is 0 Å². The SMILES string of the molecule is N=C(N)NC(CC[C@H](N)C(=O)O)=S(=O)=O. The van der Waals surface area contributed by atoms with E-state index < -0.39 is 28.3 Å². The smallest absolute Gasteiger partial charge is 0.320 e. The van der Waals surface area contributed by atoms with E-state index in [1.165, 1.54) is 0 Å². The average molecular weight is 236 g/mol. The van der Waals surface area contributed by atoms with Crippen molar-refractivity contribution in [3.63, 3.8) is 0 Å². The number of carboxylic acids is 1. The highest BCUT2D eigenvalue weighted by Gasteiger charge is 2.13. The van der Waals surface area contributed by atoms with Crippen molar-refractivity contribution in [1.82, 2.24) is 5.32 Å². The van der Waals surface area contributed by atoms with Gasteiger partial charge in [0.1, 0.15) is 11.0 Å². The first-order valence-corrected chi connectivity index (χ1v) is 4.96. The minimum absolute atomic E-state index is 0.0566. The summed E-state index contributed by atoms with van der Waals surface area (Å²) in [6.07, 6.45) is -0.165. The summed E-state index contributed by atoms with van der Waals surface area (Å²) in [7, 11) is -2.57. The van der Waals surface area contributed by atoms with E-state index in [0.29, 0.717) is 0 Å². The Morgan fingerprint density at radius 1 is 1.53 bits per heavy atom. The Balaban J connectivity index is 4.42. The van der Waals surface area contributed by atoms with Crippen LogP contribution in [0.25, 0.3) is 0 Å². The maximum Gasteiger partial charge on any atom is 0.320 e. The van der Waals surface area contributed by atoms with Crippen LogP contribution in [0.4, 0.5) is 0 Å². The lowest BCUT2D eigenvalue weighted by atomic mass is 10.2. The molecule has 86 valence electrons. The molecule has 0 unspecified atom stereocenters. The molecule has 0 bridgehead atoms. The van der Waals surface area contributed by atoms with Gasteiger partial charge in [0.25, 0.3) is 0 Å². The molecular weight excluding hydrogens is 224 g/mol. The lowest BCUT2D eigenvalue weighted by Crippen LogP contribution is -2.38. The van der Waals surface area contributed by atoms with Crippen LogP contribution in [0, 0.1) is 5.41 Å². The predicted octanol–water partition coefficient (Wildman–Crippen LogP) is -2.33. The lowest BCUT2D eigenvalue weighted by Gasteiger charge is -2.07. The zero-order valence-electron chi connectivity index (χ0n) is 7.73. The molecule has 0 saturated carbocycles. The predicted molar refractivity (Wildman–Crippen MR) is 53.8 cm³/mol. The maximum atomic E-state index is 10.6. The van der Waals surface area contributed by atoms with Crippen LogP contribution in [0.1, 0.15) is 12.8 Å². The highest BCUT2D eigenvalue weighted by atomic mass is 32.2. The molecule has 0 heterocycles. The number of aliphatic carboxylic acids is 1. The zero-order valence-corrected chi connectivity index (χ0v) is 8.54. The first-order valence-electron chi connectivity index (χ1n) is 3.89. The number of rotatable bonds is 4. The summed E-state index contributed by atoms with van der Waals surface area (Å²) < 4.78 is 21.2. The minimum Gasteiger partial charge on any atom is -0.480 e. The topological polar surface area (TPSA) is 159 Å². The molecule has 0 spiro atoms. The van der Waals surface area contributed by atoms with Crippen LogP contribution in [0.5, 0.6) is 0 Å². The third-order valence-electron chi connectivity index (χ3n) is 1.47. The fourth-order valence-electron chi connectivity index (χ4n) is 0.748. The maximum absolute atomic E-state index is 10.6. The number of guanidine groups is 1. The number of carboxylic acid groups (broad SMARTS) is 1. The quantitative estimate of drug-likeness (QED) is 0.208. The fourth-order valence-corrected chi connectivity index (χ4v) is 1.23. The second kappa shape index (κ2) is 5.98. The summed E-state index contributed by atoms with van der Waals surface area (Å²) in [6.45, 7) is 0. The Morgan fingerprint density at radius 3 is 2.40 bits per heavy atom. The number of hydrogen-bond acceptors (Lipinski definition) is 5. The molecule has 1 atom stereocenters. The number of nitrogens with one attached hydrogen (secondary N) is 2. The second-order valence-electron chi connectivity index (χ2n) is 2.68. The van der Waals surface area contributed by atoms with Gasteiger partial charge >= 0.3 is 5.97 Å². The van der Waals surface area contributed by atoms with Crippen molar-refractivity contribution in [2.45, 2.75) is 18.9 Å². The van der Waals surface area contributed by atoms with Crippen molar-refractivity contribution in [1.29, 1.82) is 5.41 Å². The molecule has 0 saturated heterocycles. The summed E-state index contributed by atoms with van der Waals surface area (Å²) in [4.78, 5) is 10.1. The van der Waals surface area contributed by atoms with Crippen LogP contribution < -0.4 is 16.8 Å². The molecule has 0 fully saturated rings. The van der Waals surface area contributed by atoms with E-state index in [1.54, 1.807) is 0 Å². The molecule has 0 aromatic rings. The molecule has 15 heavy (non-hydrogen) atoms. The molecule has 9 heteroatoms. The Labute approximate surface area is 87.3 Å². The van der Waals surface area contributed by atoms with E-state index in [4.69, 9.17) is 22.0 Å². The number of hydrogen-bond donors (Lipinski definition) is 5. The van der Waals surface area contributed by atoms with Crippen molar-refractivity contribution >= 4 is 27.2 Å². The van der Waals surface area contributed by atoms with E-state index in [9.17, 15) is 13.2 Å². The van der Waals surface area contributed by atoms with Gasteiger partial charge in [-0.25, -0.2) is 0 Å². The van der Waals surface area contributed by atoms with Crippen molar-refractivity contribution in [2.24, 2.45) is 11.5 Å². The summed E-state index contributed by atoms with van der Waals surface area (Å²) in [5.74, 6) is -1.74. The highest BCUT2D eigenvalue weighted by Crippen LogP contribution is 1.95. The van der Waals surface area contributed by atoms with Gasteiger partial charge in [0, 0.05) is 6.42 Å². The summed E-state index contributed by atoms with van der Waals surface area (Å²) >= 11 is 0. The molecule has 0 amide bonds. The van der Waals surface area contributed by atoms with E-state index >= 15 is 0 Å². The number of nitrogens with two attached hydrogens (primary N) is 2. The van der Waals surface area contributed by atoms with Crippen LogP contribution >= 0.6 is 0 Å². The standard InChI is InChI=1S/C6H12N4O4S/c7-3(5(11)12)1-2-4(15(13)14)10-6(8)9/h3H,1-2,7H2,(H,11,12)(H4,8,9,10)/t3-/m0/s1. The molecule has 0 radical (unpaired) electrons. The van der Waals surface area contributed by atoms with Crippen molar-refractivity contribution in [2.75, 3.05) is 0 Å². The molecule has 0 aliphatic heterocycles. The summed E-state index contributed by atoms with van der Waals surface area (Å²) in [6, 6.07) is -1.14. The van der Waals surface area contributed by atoms with E-state index in [-0.39, 0.29) is 17.8 Å². The van der Waals surface area contributed by atoms with Crippen molar-refractivity contribution in [3.05, 3.63) is 0 Å². The summed E-state index contributed by atoms with van der Waals surface area (Å²) in [5.41, 5.74) is 10.1. The molecule has 0 rings (SSSR count). The third-order valence-corrected chi connectivity index (χ3v) is 2.18. The van der Waals surface area contributed by atoms with Crippen LogP contribution in [0.15, 0.2) is 0 Å². The van der Waals surface area contributed by atoms with Gasteiger partial charge in [-0.3, -0.25) is 10.2 Å². The Kier molecular flexibility index (Phi) is 5.34. The van der Waals surface area contributed by atoms with Crippen LogP contribution in [-0.2, 0) is 15.1 Å². The largest absolute Gasteiger partial charge is 0.480 e. The third kappa shape index (κ3) is 5.65. The van der Waals surface area contributed by atoms with Gasteiger partial charge in [-0.05, 0) is 6.42 Å². The van der Waals surface area contributed by atoms with Gasteiger partial charge in [-0.2, -0.15) is 8.42 Å². The van der Waals surface area contributed by atoms with Gasteiger partial charge in [-0.15, -0.1) is 0 Å². The Bertz CT molecular complexity index is 380. The van der Waals surface area contributed by atoms with Crippen molar-refractivity contribution < 1.29 is 18.3 Å². The van der Waals surface area contributed by atoms with Crippen LogP contribution in [-0.4, -0.2) is 36.5 Å². The molecule has 0 aromatic heterocycles. The van der Waals surface area contributed by atoms with E-state index in [0.717, 1.165) is 0 Å². The zero-order chi connectivity index (χ0) is 12.0. The lowest BCUT2D eigenvalue weighted by molar-refractivity contribution is -0.138. The Morgan fingerprint density at radius 2 is 2.07 bits per heavy atom. The fraction of sp³-hybridized carbons (Fsp3) is 0.500. The molecule has 7 N–H and O–H groups in total. The normalized spacial score (nSPS) is 11.5. The van der Waals surface area contributed by atoms with E-state index in [2.05, 4.69) is 5.32 Å². The monoisotopic (exact) mass is 236 g/mol. The van der Waals surface area contributed by atoms with Gasteiger partial charge in [-0.1, -0.05) is 0 Å². The molecular formula is C6H12N4O4S. The summed E-state index contributed by atoms with van der Waals surface area (Å²) in [5, 5.41) is 17.3. The van der Waals surface area contributed by atoms with Gasteiger partial charge in [0.05, 0.1) is 0 Å². The van der Waals surface area contributed by atoms with Crippen LogP contribution in [0.3, 0.4) is 0 Å². The molecule has 0 aliphatic rings. The minimum atomic E-state index is -2.57. The van der Waals surface area contributed by atoms with Gasteiger partial charge < -0.3 is 21.9 Å². The van der Waals surface area contributed by atoms with Gasteiger partial charge in [0.15, 0.2) is 5.96 Å². The molecule has 0 aliphatic carbocycles. The second-order valence-corrected chi connectivity index (χ2v) is 3.64. The molecule has 8 nitrogen and oxygen atoms in total. The van der Waals surface area contributed by atoms with E-state index in [1.807, 2.05) is 0 Å². The van der Waals surface area contributed by atoms with Gasteiger partial charge in [0.2, 0.25) is 10.3 Å². The Hall–Kier alpha value is -1.61. The van der Waals surface area contributed by atoms with Crippen LogP contribution in [0.2, 0.25) is 0 Å². The molecule has 0 aromatic carbocycles.